The highest BCUT2D eigenvalue weighted by molar-refractivity contribution is 7.99. The highest BCUT2D eigenvalue weighted by Gasteiger charge is 2.23. The number of carbonyl (C=O) groups is 1. The summed E-state index contributed by atoms with van der Waals surface area (Å²) in [4.78, 5) is 11.5. The van der Waals surface area contributed by atoms with Crippen molar-refractivity contribution in [2.45, 2.75) is 36.1 Å². The minimum atomic E-state index is 0.301. The maximum atomic E-state index is 11.5. The lowest BCUT2D eigenvalue weighted by Gasteiger charge is -2.19. The van der Waals surface area contributed by atoms with E-state index in [1.54, 1.807) is 16.4 Å². The molecule has 0 spiro atoms. The predicted octanol–water partition coefficient (Wildman–Crippen LogP) is 2.27. The lowest BCUT2D eigenvalue weighted by atomic mass is 9.99. The van der Waals surface area contributed by atoms with Gasteiger partial charge in [-0.25, -0.2) is 0 Å². The summed E-state index contributed by atoms with van der Waals surface area (Å²) in [5.41, 5.74) is 0.942. The van der Waals surface area contributed by atoms with E-state index in [9.17, 15) is 4.79 Å². The number of thioether (sulfide) groups is 1. The van der Waals surface area contributed by atoms with Crippen LogP contribution < -0.4 is 0 Å². The average molecular weight is 274 g/mol. The van der Waals surface area contributed by atoms with Crippen LogP contribution in [0.1, 0.15) is 25.7 Å². The first kappa shape index (κ1) is 12.3. The van der Waals surface area contributed by atoms with Gasteiger partial charge in [0.1, 0.15) is 5.78 Å². The molecule has 0 amide bonds. The van der Waals surface area contributed by atoms with Crippen molar-refractivity contribution in [1.29, 1.82) is 0 Å². The molecule has 0 saturated heterocycles. The number of para-hydroxylation sites is 1. The van der Waals surface area contributed by atoms with E-state index in [4.69, 9.17) is 0 Å². The number of nitrogens with zero attached hydrogens (tertiary/aromatic N) is 4. The minimum Gasteiger partial charge on any atom is -0.300 e. The van der Waals surface area contributed by atoms with E-state index in [1.165, 1.54) is 0 Å². The van der Waals surface area contributed by atoms with Crippen LogP contribution in [0.15, 0.2) is 35.5 Å². The van der Waals surface area contributed by atoms with Crippen molar-refractivity contribution < 1.29 is 4.79 Å². The number of carbonyl (C=O) groups excluding carboxylic acids is 1. The number of hydrogen-bond donors (Lipinski definition) is 0. The fourth-order valence-electron chi connectivity index (χ4n) is 2.22. The molecule has 0 aliphatic heterocycles. The van der Waals surface area contributed by atoms with E-state index in [1.807, 2.05) is 30.3 Å². The maximum absolute atomic E-state index is 11.5. The van der Waals surface area contributed by atoms with E-state index in [0.717, 1.165) is 30.1 Å². The molecule has 2 aromatic rings. The molecule has 1 aromatic heterocycles. The third-order valence-electron chi connectivity index (χ3n) is 3.15. The Morgan fingerprint density at radius 3 is 2.89 bits per heavy atom. The molecule has 6 heteroatoms. The van der Waals surface area contributed by atoms with Crippen molar-refractivity contribution in [3.05, 3.63) is 30.3 Å². The number of ketones is 1. The van der Waals surface area contributed by atoms with Crippen molar-refractivity contribution >= 4 is 17.5 Å². The fourth-order valence-corrected chi connectivity index (χ4v) is 3.40. The van der Waals surface area contributed by atoms with Crippen molar-refractivity contribution in [2.75, 3.05) is 0 Å². The summed E-state index contributed by atoms with van der Waals surface area (Å²) >= 11 is 1.60. The molecule has 1 atom stereocenters. The van der Waals surface area contributed by atoms with Gasteiger partial charge in [0.2, 0.25) is 5.16 Å². The van der Waals surface area contributed by atoms with Crippen molar-refractivity contribution in [1.82, 2.24) is 20.2 Å². The van der Waals surface area contributed by atoms with Gasteiger partial charge in [0.05, 0.1) is 5.69 Å². The lowest BCUT2D eigenvalue weighted by molar-refractivity contribution is -0.120. The smallest absolute Gasteiger partial charge is 0.214 e. The summed E-state index contributed by atoms with van der Waals surface area (Å²) in [5, 5.41) is 12.9. The van der Waals surface area contributed by atoms with Gasteiger partial charge in [0.15, 0.2) is 0 Å². The van der Waals surface area contributed by atoms with Crippen LogP contribution in [0.3, 0.4) is 0 Å². The standard InChI is InChI=1S/C13H14N4OS/c18-11-7-4-8-12(9-11)19-13-14-15-16-17(13)10-5-2-1-3-6-10/h1-3,5-6,12H,4,7-9H2. The molecule has 0 radical (unpaired) electrons. The third kappa shape index (κ3) is 2.84. The number of rotatable bonds is 3. The molecule has 98 valence electrons. The quantitative estimate of drug-likeness (QED) is 0.859. The van der Waals surface area contributed by atoms with Gasteiger partial charge in [-0.1, -0.05) is 30.0 Å². The molecular formula is C13H14N4OS. The first-order valence-corrected chi connectivity index (χ1v) is 7.23. The van der Waals surface area contributed by atoms with Crippen LogP contribution >= 0.6 is 11.8 Å². The molecule has 1 aromatic carbocycles. The van der Waals surface area contributed by atoms with Crippen LogP contribution in [0.25, 0.3) is 5.69 Å². The molecule has 1 fully saturated rings. The lowest BCUT2D eigenvalue weighted by Crippen LogP contribution is -2.17. The highest BCUT2D eigenvalue weighted by atomic mass is 32.2. The van der Waals surface area contributed by atoms with Crippen LogP contribution in [-0.4, -0.2) is 31.2 Å². The van der Waals surface area contributed by atoms with E-state index >= 15 is 0 Å². The summed E-state index contributed by atoms with van der Waals surface area (Å²) < 4.78 is 1.73. The van der Waals surface area contributed by atoms with Crippen molar-refractivity contribution in [2.24, 2.45) is 0 Å². The van der Waals surface area contributed by atoms with Crippen LogP contribution in [0.5, 0.6) is 0 Å². The zero-order chi connectivity index (χ0) is 13.1. The van der Waals surface area contributed by atoms with E-state index in [2.05, 4.69) is 15.5 Å². The van der Waals surface area contributed by atoms with E-state index < -0.39 is 0 Å². The molecule has 19 heavy (non-hydrogen) atoms. The Morgan fingerprint density at radius 2 is 2.11 bits per heavy atom. The predicted molar refractivity (Wildman–Crippen MR) is 72.3 cm³/mol. The number of benzene rings is 1. The zero-order valence-corrected chi connectivity index (χ0v) is 11.2. The second-order valence-corrected chi connectivity index (χ2v) is 5.85. The number of hydrogen-bond acceptors (Lipinski definition) is 5. The van der Waals surface area contributed by atoms with Crippen LogP contribution in [0, 0.1) is 0 Å². The van der Waals surface area contributed by atoms with Gasteiger partial charge in [-0.2, -0.15) is 4.68 Å². The maximum Gasteiger partial charge on any atom is 0.214 e. The van der Waals surface area contributed by atoms with Crippen LogP contribution in [0.2, 0.25) is 0 Å². The molecule has 1 unspecified atom stereocenters. The highest BCUT2D eigenvalue weighted by Crippen LogP contribution is 2.31. The second-order valence-electron chi connectivity index (χ2n) is 4.58. The molecule has 0 N–H and O–H groups in total. The second kappa shape index (κ2) is 5.52. The number of tetrazole rings is 1. The zero-order valence-electron chi connectivity index (χ0n) is 10.4. The molecular weight excluding hydrogens is 260 g/mol. The van der Waals surface area contributed by atoms with Crippen molar-refractivity contribution in [3.8, 4) is 5.69 Å². The van der Waals surface area contributed by atoms with Gasteiger partial charge in [-0.3, -0.25) is 4.79 Å². The summed E-state index contributed by atoms with van der Waals surface area (Å²) in [6, 6.07) is 9.80. The Hall–Kier alpha value is -1.69. The molecule has 1 saturated carbocycles. The minimum absolute atomic E-state index is 0.301. The van der Waals surface area contributed by atoms with Crippen LogP contribution in [0.4, 0.5) is 0 Å². The topological polar surface area (TPSA) is 60.7 Å². The Labute approximate surface area is 115 Å². The number of Topliss-reactive ketones (excluding diaryl/α,β-unsaturated/α-hetero) is 1. The molecule has 1 aliphatic rings. The Bertz CT molecular complexity index is 569. The van der Waals surface area contributed by atoms with Gasteiger partial charge in [0.25, 0.3) is 0 Å². The molecule has 0 bridgehead atoms. The average Bonchev–Trinajstić information content (AvgIpc) is 2.88. The van der Waals surface area contributed by atoms with Gasteiger partial charge in [-0.15, -0.1) is 5.10 Å². The van der Waals surface area contributed by atoms with Gasteiger partial charge < -0.3 is 0 Å². The normalized spacial score (nSPS) is 19.6. The Kier molecular flexibility index (Phi) is 3.59. The fraction of sp³-hybridized carbons (Fsp3) is 0.385. The first-order valence-electron chi connectivity index (χ1n) is 6.35. The third-order valence-corrected chi connectivity index (χ3v) is 4.35. The molecule has 5 nitrogen and oxygen atoms in total. The van der Waals surface area contributed by atoms with E-state index in [-0.39, 0.29) is 0 Å². The summed E-state index contributed by atoms with van der Waals surface area (Å²) in [6.07, 6.45) is 3.38. The van der Waals surface area contributed by atoms with Gasteiger partial charge >= 0.3 is 0 Å². The van der Waals surface area contributed by atoms with Crippen LogP contribution in [-0.2, 0) is 4.79 Å². The molecule has 3 rings (SSSR count). The summed E-state index contributed by atoms with van der Waals surface area (Å²) in [6.45, 7) is 0. The molecule has 1 heterocycles. The Balaban J connectivity index is 1.79. The summed E-state index contributed by atoms with van der Waals surface area (Å²) in [5.74, 6) is 0.350. The SMILES string of the molecule is O=C1CCCC(Sc2nnnn2-c2ccccc2)C1. The largest absolute Gasteiger partial charge is 0.300 e. The number of aromatic nitrogens is 4. The summed E-state index contributed by atoms with van der Waals surface area (Å²) in [7, 11) is 0. The monoisotopic (exact) mass is 274 g/mol. The molecule has 1 aliphatic carbocycles. The Morgan fingerprint density at radius 1 is 1.26 bits per heavy atom. The van der Waals surface area contributed by atoms with Gasteiger partial charge in [-0.05, 0) is 35.4 Å². The van der Waals surface area contributed by atoms with Crippen molar-refractivity contribution in [3.63, 3.8) is 0 Å². The van der Waals surface area contributed by atoms with E-state index in [0.29, 0.717) is 17.5 Å². The van der Waals surface area contributed by atoms with Gasteiger partial charge in [0, 0.05) is 18.1 Å². The first-order chi connectivity index (χ1) is 9.33.